The van der Waals surface area contributed by atoms with E-state index in [0.717, 1.165) is 5.56 Å². The zero-order valence-corrected chi connectivity index (χ0v) is 12.2. The van der Waals surface area contributed by atoms with Gasteiger partial charge in [-0.1, -0.05) is 25.9 Å². The molecule has 2 heterocycles. The number of amides is 1. The first kappa shape index (κ1) is 13.7. The highest BCUT2D eigenvalue weighted by atomic mass is 32.1. The van der Waals surface area contributed by atoms with Crippen LogP contribution in [0.2, 0.25) is 0 Å². The molecule has 1 amide bonds. The van der Waals surface area contributed by atoms with Gasteiger partial charge in [-0.05, 0) is 18.4 Å². The van der Waals surface area contributed by atoms with E-state index in [4.69, 9.17) is 4.52 Å². The predicted octanol–water partition coefficient (Wildman–Crippen LogP) is 3.02. The van der Waals surface area contributed by atoms with Crippen LogP contribution in [0, 0.1) is 5.41 Å². The van der Waals surface area contributed by atoms with Gasteiger partial charge in [0.15, 0.2) is 0 Å². The monoisotopic (exact) mass is 279 g/mol. The summed E-state index contributed by atoms with van der Waals surface area (Å²) in [6, 6.07) is 1.63. The number of nitrogens with one attached hydrogen (secondary N) is 1. The topological polar surface area (TPSA) is 68.0 Å². The van der Waals surface area contributed by atoms with Crippen molar-refractivity contribution in [1.29, 1.82) is 0 Å². The van der Waals surface area contributed by atoms with Crippen LogP contribution < -0.4 is 5.32 Å². The van der Waals surface area contributed by atoms with Crippen LogP contribution in [-0.2, 0) is 4.79 Å². The van der Waals surface area contributed by atoms with Crippen LogP contribution in [-0.4, -0.2) is 16.0 Å². The molecule has 1 N–H and O–H groups in total. The Morgan fingerprint density at radius 2 is 2.21 bits per heavy atom. The number of hydrogen-bond donors (Lipinski definition) is 1. The normalized spacial score (nSPS) is 13.3. The van der Waals surface area contributed by atoms with Gasteiger partial charge in [-0.2, -0.15) is 16.3 Å². The molecule has 0 bridgehead atoms. The second-order valence-electron chi connectivity index (χ2n) is 5.41. The summed E-state index contributed by atoms with van der Waals surface area (Å²) in [7, 11) is 0. The molecule has 0 aromatic carbocycles. The van der Waals surface area contributed by atoms with Gasteiger partial charge in [0.2, 0.25) is 17.6 Å². The molecule has 5 nitrogen and oxygen atoms in total. The molecule has 0 aliphatic carbocycles. The zero-order valence-electron chi connectivity index (χ0n) is 11.4. The van der Waals surface area contributed by atoms with E-state index in [1.807, 2.05) is 44.5 Å². The van der Waals surface area contributed by atoms with Crippen molar-refractivity contribution in [2.24, 2.45) is 5.41 Å². The lowest BCUT2D eigenvalue weighted by atomic mass is 9.95. The van der Waals surface area contributed by atoms with E-state index >= 15 is 0 Å². The largest absolute Gasteiger partial charge is 0.344 e. The zero-order chi connectivity index (χ0) is 14.0. The Kier molecular flexibility index (Phi) is 3.71. The summed E-state index contributed by atoms with van der Waals surface area (Å²) in [4.78, 5) is 16.2. The van der Waals surface area contributed by atoms with E-state index in [9.17, 15) is 4.79 Å². The first-order chi connectivity index (χ1) is 8.88. The molecule has 1 unspecified atom stereocenters. The van der Waals surface area contributed by atoms with Gasteiger partial charge < -0.3 is 9.84 Å². The van der Waals surface area contributed by atoms with Crippen LogP contribution >= 0.6 is 11.3 Å². The van der Waals surface area contributed by atoms with E-state index < -0.39 is 5.41 Å². The maximum atomic E-state index is 11.9. The van der Waals surface area contributed by atoms with Crippen LogP contribution in [0.4, 0.5) is 0 Å². The van der Waals surface area contributed by atoms with Gasteiger partial charge in [-0.3, -0.25) is 4.79 Å². The van der Waals surface area contributed by atoms with Crippen molar-refractivity contribution in [3.05, 3.63) is 22.7 Å². The third-order valence-electron chi connectivity index (χ3n) is 2.62. The molecular weight excluding hydrogens is 262 g/mol. The second kappa shape index (κ2) is 5.13. The Morgan fingerprint density at radius 1 is 1.47 bits per heavy atom. The predicted molar refractivity (Wildman–Crippen MR) is 73.6 cm³/mol. The molecular formula is C13H17N3O2S. The maximum absolute atomic E-state index is 11.9. The quantitative estimate of drug-likeness (QED) is 0.937. The smallest absolute Gasteiger partial charge is 0.249 e. The van der Waals surface area contributed by atoms with Crippen LogP contribution in [0.25, 0.3) is 11.4 Å². The molecule has 0 aliphatic rings. The van der Waals surface area contributed by atoms with E-state index in [-0.39, 0.29) is 11.9 Å². The van der Waals surface area contributed by atoms with Crippen molar-refractivity contribution >= 4 is 17.2 Å². The number of carbonyl (C=O) groups excluding carboxylic acids is 1. The van der Waals surface area contributed by atoms with Crippen LogP contribution in [0.15, 0.2) is 21.3 Å². The van der Waals surface area contributed by atoms with Crippen molar-refractivity contribution in [3.8, 4) is 11.4 Å². The first-order valence-corrected chi connectivity index (χ1v) is 6.99. The highest BCUT2D eigenvalue weighted by Crippen LogP contribution is 2.22. The summed E-state index contributed by atoms with van der Waals surface area (Å²) in [6.07, 6.45) is 0. The minimum Gasteiger partial charge on any atom is -0.344 e. The molecule has 0 aliphatic heterocycles. The number of nitrogens with zero attached hydrogens (tertiary/aromatic N) is 2. The summed E-state index contributed by atoms with van der Waals surface area (Å²) in [6.45, 7) is 7.41. The van der Waals surface area contributed by atoms with Crippen molar-refractivity contribution in [2.45, 2.75) is 33.7 Å². The molecule has 0 saturated heterocycles. The first-order valence-electron chi connectivity index (χ1n) is 6.05. The Hall–Kier alpha value is -1.69. The Bertz CT molecular complexity index is 555. The summed E-state index contributed by atoms with van der Waals surface area (Å²) in [5.74, 6) is 0.919. The molecule has 0 fully saturated rings. The van der Waals surface area contributed by atoms with Gasteiger partial charge in [-0.25, -0.2) is 0 Å². The van der Waals surface area contributed by atoms with Crippen molar-refractivity contribution in [3.63, 3.8) is 0 Å². The van der Waals surface area contributed by atoms with Crippen LogP contribution in [0.1, 0.15) is 39.6 Å². The third kappa shape index (κ3) is 3.20. The van der Waals surface area contributed by atoms with Crippen molar-refractivity contribution < 1.29 is 9.32 Å². The minimum absolute atomic E-state index is 0.0460. The van der Waals surface area contributed by atoms with Crippen LogP contribution in [0.3, 0.4) is 0 Å². The number of hydrogen-bond acceptors (Lipinski definition) is 5. The molecule has 0 spiro atoms. The van der Waals surface area contributed by atoms with E-state index in [2.05, 4.69) is 15.5 Å². The number of thiophene rings is 1. The molecule has 0 radical (unpaired) electrons. The van der Waals surface area contributed by atoms with Gasteiger partial charge in [0, 0.05) is 16.4 Å². The number of rotatable bonds is 3. The van der Waals surface area contributed by atoms with Gasteiger partial charge in [0.1, 0.15) is 6.04 Å². The molecule has 0 saturated carbocycles. The lowest BCUT2D eigenvalue weighted by Gasteiger charge is -2.19. The lowest BCUT2D eigenvalue weighted by molar-refractivity contribution is -0.129. The van der Waals surface area contributed by atoms with Gasteiger partial charge in [0.25, 0.3) is 0 Å². The lowest BCUT2D eigenvalue weighted by Crippen LogP contribution is -2.36. The second-order valence-corrected chi connectivity index (χ2v) is 6.19. The van der Waals surface area contributed by atoms with Crippen molar-refractivity contribution in [2.75, 3.05) is 0 Å². The highest BCUT2D eigenvalue weighted by Gasteiger charge is 2.25. The molecule has 6 heteroatoms. The van der Waals surface area contributed by atoms with E-state index in [1.54, 1.807) is 11.3 Å². The highest BCUT2D eigenvalue weighted by molar-refractivity contribution is 7.08. The van der Waals surface area contributed by atoms with Gasteiger partial charge in [-0.15, -0.1) is 0 Å². The van der Waals surface area contributed by atoms with Crippen LogP contribution in [0.5, 0.6) is 0 Å². The Labute approximate surface area is 116 Å². The standard InChI is InChI=1S/C13H17N3O2S/c1-8(14-12(17)13(2,3)4)11-15-10(16-18-11)9-5-6-19-7-9/h5-8H,1-4H3,(H,14,17). The summed E-state index contributed by atoms with van der Waals surface area (Å²) in [5, 5.41) is 10.7. The summed E-state index contributed by atoms with van der Waals surface area (Å²) >= 11 is 1.57. The summed E-state index contributed by atoms with van der Waals surface area (Å²) in [5.41, 5.74) is 0.485. The molecule has 2 aromatic heterocycles. The Morgan fingerprint density at radius 3 is 2.79 bits per heavy atom. The molecule has 2 aromatic rings. The molecule has 102 valence electrons. The SMILES string of the molecule is CC(NC(=O)C(C)(C)C)c1nc(-c2ccsc2)no1. The van der Waals surface area contributed by atoms with Gasteiger partial charge >= 0.3 is 0 Å². The third-order valence-corrected chi connectivity index (χ3v) is 3.30. The average Bonchev–Trinajstić information content (AvgIpc) is 2.98. The fourth-order valence-electron chi connectivity index (χ4n) is 1.39. The maximum Gasteiger partial charge on any atom is 0.249 e. The molecule has 19 heavy (non-hydrogen) atoms. The van der Waals surface area contributed by atoms with E-state index in [0.29, 0.717) is 11.7 Å². The van der Waals surface area contributed by atoms with E-state index in [1.165, 1.54) is 0 Å². The molecule has 2 rings (SSSR count). The fourth-order valence-corrected chi connectivity index (χ4v) is 2.03. The number of aromatic nitrogens is 2. The van der Waals surface area contributed by atoms with Crippen molar-refractivity contribution in [1.82, 2.24) is 15.5 Å². The minimum atomic E-state index is -0.440. The molecule has 1 atom stereocenters. The fraction of sp³-hybridized carbons (Fsp3) is 0.462. The Balaban J connectivity index is 2.09. The number of carbonyl (C=O) groups is 1. The van der Waals surface area contributed by atoms with Gasteiger partial charge in [0.05, 0.1) is 0 Å². The average molecular weight is 279 g/mol. The summed E-state index contributed by atoms with van der Waals surface area (Å²) < 4.78 is 5.19.